The first-order valence-corrected chi connectivity index (χ1v) is 3.82. The van der Waals surface area contributed by atoms with E-state index in [2.05, 4.69) is 15.9 Å². The van der Waals surface area contributed by atoms with E-state index in [1.165, 1.54) is 6.07 Å². The fourth-order valence-corrected chi connectivity index (χ4v) is 1.32. The van der Waals surface area contributed by atoms with Crippen molar-refractivity contribution in [2.24, 2.45) is 0 Å². The molecule has 0 aliphatic heterocycles. The summed E-state index contributed by atoms with van der Waals surface area (Å²) in [5.74, 6) is 0.0432. The highest BCUT2D eigenvalue weighted by molar-refractivity contribution is 9.10. The smallest absolute Gasteiger partial charge is 0.135 e. The molecule has 0 fully saturated rings. The number of nitrogen functional groups attached to an aromatic ring is 1. The zero-order valence-electron chi connectivity index (χ0n) is 5.71. The summed E-state index contributed by atoms with van der Waals surface area (Å²) in [7, 11) is 0. The molecule has 0 aromatic heterocycles. The summed E-state index contributed by atoms with van der Waals surface area (Å²) in [4.78, 5) is 0. The van der Waals surface area contributed by atoms with Crippen LogP contribution in [0.1, 0.15) is 5.56 Å². The van der Waals surface area contributed by atoms with Gasteiger partial charge in [-0.05, 0) is 28.1 Å². The number of phenols is 1. The molecule has 11 heavy (non-hydrogen) atoms. The molecule has 0 amide bonds. The van der Waals surface area contributed by atoms with Crippen molar-refractivity contribution in [1.29, 1.82) is 0 Å². The van der Waals surface area contributed by atoms with Crippen molar-refractivity contribution in [3.8, 4) is 5.75 Å². The molecule has 0 spiro atoms. The zero-order chi connectivity index (χ0) is 8.43. The average molecular weight is 218 g/mol. The van der Waals surface area contributed by atoms with E-state index >= 15 is 0 Å². The first-order valence-electron chi connectivity index (χ1n) is 3.03. The van der Waals surface area contributed by atoms with Crippen LogP contribution in [0, 0.1) is 0 Å². The molecular formula is C7H8BrNO2. The van der Waals surface area contributed by atoms with Crippen LogP contribution >= 0.6 is 15.9 Å². The second kappa shape index (κ2) is 3.11. The number of hydrogen-bond acceptors (Lipinski definition) is 3. The van der Waals surface area contributed by atoms with Crippen LogP contribution in [-0.4, -0.2) is 10.2 Å². The largest absolute Gasteiger partial charge is 0.506 e. The third kappa shape index (κ3) is 1.64. The summed E-state index contributed by atoms with van der Waals surface area (Å²) >= 11 is 3.10. The van der Waals surface area contributed by atoms with Crippen molar-refractivity contribution < 1.29 is 10.2 Å². The number of aliphatic hydroxyl groups excluding tert-OH is 1. The fourth-order valence-electron chi connectivity index (χ4n) is 0.800. The lowest BCUT2D eigenvalue weighted by molar-refractivity contribution is 0.275. The number of rotatable bonds is 1. The molecule has 0 radical (unpaired) electrons. The second-order valence-corrected chi connectivity index (χ2v) is 3.02. The molecule has 0 heterocycles. The second-order valence-electron chi connectivity index (χ2n) is 2.17. The number of aromatic hydroxyl groups is 1. The Kier molecular flexibility index (Phi) is 2.36. The van der Waals surface area contributed by atoms with E-state index < -0.39 is 0 Å². The van der Waals surface area contributed by atoms with E-state index in [1.54, 1.807) is 6.07 Å². The first kappa shape index (κ1) is 8.36. The molecule has 0 saturated carbocycles. The summed E-state index contributed by atoms with van der Waals surface area (Å²) in [5.41, 5.74) is 6.39. The molecule has 60 valence electrons. The van der Waals surface area contributed by atoms with Gasteiger partial charge >= 0.3 is 0 Å². The van der Waals surface area contributed by atoms with E-state index in [1.807, 2.05) is 0 Å². The van der Waals surface area contributed by atoms with Crippen LogP contribution in [0.15, 0.2) is 16.6 Å². The van der Waals surface area contributed by atoms with Gasteiger partial charge in [0, 0.05) is 11.3 Å². The minimum Gasteiger partial charge on any atom is -0.506 e. The number of benzene rings is 1. The highest BCUT2D eigenvalue weighted by atomic mass is 79.9. The molecular weight excluding hydrogens is 210 g/mol. The normalized spacial score (nSPS) is 10.0. The van der Waals surface area contributed by atoms with Gasteiger partial charge in [0.15, 0.2) is 0 Å². The molecule has 3 nitrogen and oxygen atoms in total. The molecule has 1 aromatic carbocycles. The van der Waals surface area contributed by atoms with E-state index in [4.69, 9.17) is 10.8 Å². The highest BCUT2D eigenvalue weighted by Gasteiger charge is 2.04. The first-order chi connectivity index (χ1) is 5.15. The third-order valence-electron chi connectivity index (χ3n) is 1.34. The predicted molar refractivity (Wildman–Crippen MR) is 46.1 cm³/mol. The lowest BCUT2D eigenvalue weighted by atomic mass is 10.2. The van der Waals surface area contributed by atoms with Crippen molar-refractivity contribution in [2.45, 2.75) is 6.61 Å². The van der Waals surface area contributed by atoms with Gasteiger partial charge in [-0.25, -0.2) is 0 Å². The maximum absolute atomic E-state index is 9.26. The van der Waals surface area contributed by atoms with Gasteiger partial charge in [-0.15, -0.1) is 0 Å². The average Bonchev–Trinajstić information content (AvgIpc) is 1.96. The standard InChI is InChI=1S/C7H8BrNO2/c8-6-2-5(9)1-4(3-10)7(6)11/h1-2,10-11H,3,9H2. The Morgan fingerprint density at radius 1 is 1.45 bits per heavy atom. The molecule has 0 atom stereocenters. The predicted octanol–water partition coefficient (Wildman–Crippen LogP) is 1.23. The van der Waals surface area contributed by atoms with Gasteiger partial charge in [-0.2, -0.15) is 0 Å². The summed E-state index contributed by atoms with van der Waals surface area (Å²) in [6, 6.07) is 3.11. The van der Waals surface area contributed by atoms with Crippen LogP contribution in [0.2, 0.25) is 0 Å². The summed E-state index contributed by atoms with van der Waals surface area (Å²) in [6.45, 7) is -0.213. The van der Waals surface area contributed by atoms with Gasteiger partial charge in [-0.3, -0.25) is 0 Å². The maximum Gasteiger partial charge on any atom is 0.135 e. The molecule has 0 aliphatic carbocycles. The fraction of sp³-hybridized carbons (Fsp3) is 0.143. The monoisotopic (exact) mass is 217 g/mol. The molecule has 4 heteroatoms. The number of anilines is 1. The Bertz CT molecular complexity index is 275. The van der Waals surface area contributed by atoms with Crippen molar-refractivity contribution >= 4 is 21.6 Å². The SMILES string of the molecule is Nc1cc(Br)c(O)c(CO)c1. The maximum atomic E-state index is 9.26. The van der Waals surface area contributed by atoms with Crippen molar-refractivity contribution in [3.63, 3.8) is 0 Å². The lowest BCUT2D eigenvalue weighted by Gasteiger charge is -2.04. The molecule has 4 N–H and O–H groups in total. The molecule has 1 aromatic rings. The van der Waals surface area contributed by atoms with Crippen molar-refractivity contribution in [2.75, 3.05) is 5.73 Å². The van der Waals surface area contributed by atoms with Crippen LogP contribution in [0.25, 0.3) is 0 Å². The van der Waals surface area contributed by atoms with Gasteiger partial charge in [-0.1, -0.05) is 0 Å². The molecule has 0 bridgehead atoms. The Morgan fingerprint density at radius 2 is 2.09 bits per heavy atom. The van der Waals surface area contributed by atoms with Gasteiger partial charge in [0.25, 0.3) is 0 Å². The van der Waals surface area contributed by atoms with Gasteiger partial charge in [0.1, 0.15) is 5.75 Å². The van der Waals surface area contributed by atoms with Crippen LogP contribution < -0.4 is 5.73 Å². The summed E-state index contributed by atoms with van der Waals surface area (Å²) in [5, 5.41) is 18.0. The molecule has 0 saturated heterocycles. The Hall–Kier alpha value is -0.740. The van der Waals surface area contributed by atoms with E-state index in [-0.39, 0.29) is 12.4 Å². The highest BCUT2D eigenvalue weighted by Crippen LogP contribution is 2.30. The van der Waals surface area contributed by atoms with Gasteiger partial charge in [0.05, 0.1) is 11.1 Å². The number of aliphatic hydroxyl groups is 1. The van der Waals surface area contributed by atoms with Gasteiger partial charge in [0.2, 0.25) is 0 Å². The Morgan fingerprint density at radius 3 is 2.64 bits per heavy atom. The zero-order valence-corrected chi connectivity index (χ0v) is 7.30. The third-order valence-corrected chi connectivity index (χ3v) is 1.94. The molecule has 0 unspecified atom stereocenters. The Balaban J connectivity index is 3.24. The number of halogens is 1. The van der Waals surface area contributed by atoms with Gasteiger partial charge < -0.3 is 15.9 Å². The van der Waals surface area contributed by atoms with Crippen LogP contribution in [0.4, 0.5) is 5.69 Å². The van der Waals surface area contributed by atoms with E-state index in [0.717, 1.165) is 0 Å². The van der Waals surface area contributed by atoms with Crippen LogP contribution in [-0.2, 0) is 6.61 Å². The molecule has 1 rings (SSSR count). The minimum absolute atomic E-state index is 0.0432. The molecule has 0 aliphatic rings. The lowest BCUT2D eigenvalue weighted by Crippen LogP contribution is -1.90. The quantitative estimate of drug-likeness (QED) is 0.490. The number of hydrogen-bond donors (Lipinski definition) is 3. The summed E-state index contributed by atoms with van der Waals surface area (Å²) < 4.78 is 0.501. The van der Waals surface area contributed by atoms with Crippen LogP contribution in [0.5, 0.6) is 5.75 Å². The van der Waals surface area contributed by atoms with E-state index in [9.17, 15) is 5.11 Å². The Labute approximate surface area is 72.6 Å². The summed E-state index contributed by atoms with van der Waals surface area (Å²) in [6.07, 6.45) is 0. The van der Waals surface area contributed by atoms with Crippen LogP contribution in [0.3, 0.4) is 0 Å². The van der Waals surface area contributed by atoms with Crippen molar-refractivity contribution in [3.05, 3.63) is 22.2 Å². The van der Waals surface area contributed by atoms with Crippen molar-refractivity contribution in [1.82, 2.24) is 0 Å². The number of nitrogens with two attached hydrogens (primary N) is 1. The minimum atomic E-state index is -0.213. The van der Waals surface area contributed by atoms with E-state index in [0.29, 0.717) is 15.7 Å². The topological polar surface area (TPSA) is 66.5 Å².